The molecule has 12 heteroatoms. The highest BCUT2D eigenvalue weighted by atomic mass is 16.6. The van der Waals surface area contributed by atoms with Crippen LogP contribution in [0.15, 0.2) is 67.0 Å². The molecule has 12 nitrogen and oxygen atoms in total. The van der Waals surface area contributed by atoms with E-state index in [-0.39, 0.29) is 30.8 Å². The first-order valence-corrected chi connectivity index (χ1v) is 13.8. The molecule has 1 aliphatic rings. The molecule has 3 heterocycles. The Labute approximate surface area is 249 Å². The van der Waals surface area contributed by atoms with Crippen LogP contribution in [-0.2, 0) is 23.9 Å². The molecule has 2 aromatic heterocycles. The van der Waals surface area contributed by atoms with E-state index >= 15 is 0 Å². The monoisotopic (exact) mass is 591 g/mol. The molecular weight excluding hydrogens is 554 g/mol. The van der Waals surface area contributed by atoms with E-state index in [1.807, 2.05) is 23.6 Å². The van der Waals surface area contributed by atoms with Crippen LogP contribution < -0.4 is 5.32 Å². The predicted molar refractivity (Wildman–Crippen MR) is 160 cm³/mol. The third-order valence-corrected chi connectivity index (χ3v) is 6.28. The fourth-order valence-electron chi connectivity index (χ4n) is 4.58. The number of hydrogen-bond acceptors (Lipinski definition) is 9. The van der Waals surface area contributed by atoms with Crippen LogP contribution in [-0.4, -0.2) is 66.9 Å². The Balaban J connectivity index is 0.000000566. The van der Waals surface area contributed by atoms with Gasteiger partial charge >= 0.3 is 5.97 Å². The molecular formula is C31H37N5O7. The van der Waals surface area contributed by atoms with Gasteiger partial charge in [0.2, 0.25) is 0 Å². The normalized spacial score (nSPS) is 15.6. The number of aliphatic carboxylic acids is 2. The van der Waals surface area contributed by atoms with Crippen LogP contribution in [0.4, 0.5) is 5.82 Å². The topological polar surface area (TPSA) is 166 Å². The maximum atomic E-state index is 11.1. The van der Waals surface area contributed by atoms with Crippen molar-refractivity contribution in [2.24, 2.45) is 0 Å². The van der Waals surface area contributed by atoms with Crippen molar-refractivity contribution in [2.45, 2.75) is 58.8 Å². The van der Waals surface area contributed by atoms with Gasteiger partial charge in [0.1, 0.15) is 18.7 Å². The highest BCUT2D eigenvalue weighted by molar-refractivity contribution is 5.83. The van der Waals surface area contributed by atoms with Gasteiger partial charge in [-0.1, -0.05) is 60.7 Å². The molecule has 1 saturated heterocycles. The molecule has 3 N–H and O–H groups in total. The number of imidazole rings is 1. The van der Waals surface area contributed by atoms with Crippen LogP contribution in [0.1, 0.15) is 62.7 Å². The number of aromatic nitrogens is 4. The number of benzene rings is 2. The maximum absolute atomic E-state index is 11.1. The first-order valence-electron chi connectivity index (χ1n) is 13.8. The number of carbonyl (C=O) groups excluding carboxylic acids is 1. The molecule has 0 radical (unpaired) electrons. The molecule has 1 fully saturated rings. The van der Waals surface area contributed by atoms with E-state index in [0.717, 1.165) is 32.3 Å². The smallest absolute Gasteiger partial charge is 0.302 e. The number of esters is 1. The van der Waals surface area contributed by atoms with Crippen LogP contribution in [0.25, 0.3) is 11.2 Å². The van der Waals surface area contributed by atoms with Gasteiger partial charge in [0, 0.05) is 33.2 Å². The summed E-state index contributed by atoms with van der Waals surface area (Å²) in [5.41, 5.74) is 3.91. The van der Waals surface area contributed by atoms with Crippen LogP contribution >= 0.6 is 0 Å². The summed E-state index contributed by atoms with van der Waals surface area (Å²) in [7, 11) is 0. The lowest BCUT2D eigenvalue weighted by Crippen LogP contribution is -2.18. The lowest BCUT2D eigenvalue weighted by Gasteiger charge is -2.19. The van der Waals surface area contributed by atoms with Gasteiger partial charge in [-0.05, 0) is 30.9 Å². The first-order chi connectivity index (χ1) is 20.5. The van der Waals surface area contributed by atoms with Crippen molar-refractivity contribution in [1.29, 1.82) is 0 Å². The molecule has 2 atom stereocenters. The highest BCUT2D eigenvalue weighted by Crippen LogP contribution is 2.32. The van der Waals surface area contributed by atoms with Gasteiger partial charge in [0.15, 0.2) is 17.0 Å². The van der Waals surface area contributed by atoms with Gasteiger partial charge in [-0.25, -0.2) is 15.0 Å². The molecule has 0 amide bonds. The zero-order valence-electron chi connectivity index (χ0n) is 24.6. The molecule has 0 aliphatic carbocycles. The van der Waals surface area contributed by atoms with Gasteiger partial charge in [0.05, 0.1) is 12.4 Å². The SMILES string of the molecule is CC(=O)O.CC(=O)O.CC(=O)OCC1CCC(n2cnc3c(NCC(c4ccccc4)c4ccccc4)nc(C)nc32)O1. The largest absolute Gasteiger partial charge is 0.481 e. The van der Waals surface area contributed by atoms with Crippen LogP contribution in [0.5, 0.6) is 0 Å². The summed E-state index contributed by atoms with van der Waals surface area (Å²) >= 11 is 0. The number of rotatable bonds is 8. The number of anilines is 1. The van der Waals surface area contributed by atoms with Crippen molar-refractivity contribution in [2.75, 3.05) is 18.5 Å². The summed E-state index contributed by atoms with van der Waals surface area (Å²) in [5, 5.41) is 18.4. The third kappa shape index (κ3) is 10.2. The average Bonchev–Trinajstić information content (AvgIpc) is 3.59. The Kier molecular flexibility index (Phi) is 12.1. The highest BCUT2D eigenvalue weighted by Gasteiger charge is 2.29. The van der Waals surface area contributed by atoms with E-state index in [1.54, 1.807) is 6.33 Å². The number of carboxylic acid groups (broad SMARTS) is 2. The summed E-state index contributed by atoms with van der Waals surface area (Å²) < 4.78 is 13.2. The Bertz CT molecular complexity index is 1440. The minimum absolute atomic E-state index is 0.126. The minimum atomic E-state index is -0.833. The average molecular weight is 592 g/mol. The number of carbonyl (C=O) groups is 3. The summed E-state index contributed by atoms with van der Waals surface area (Å²) in [4.78, 5) is 43.1. The Hall–Kier alpha value is -4.84. The zero-order valence-corrected chi connectivity index (χ0v) is 24.6. The number of nitrogens with zero attached hydrogens (tertiary/aromatic N) is 4. The molecule has 228 valence electrons. The van der Waals surface area contributed by atoms with Crippen molar-refractivity contribution in [3.8, 4) is 0 Å². The van der Waals surface area contributed by atoms with E-state index in [4.69, 9.17) is 29.3 Å². The van der Waals surface area contributed by atoms with E-state index in [1.165, 1.54) is 18.1 Å². The molecule has 2 unspecified atom stereocenters. The number of carboxylic acids is 2. The summed E-state index contributed by atoms with van der Waals surface area (Å²) in [6.07, 6.45) is 3.04. The Morgan fingerprint density at radius 2 is 1.51 bits per heavy atom. The van der Waals surface area contributed by atoms with Gasteiger partial charge in [-0.15, -0.1) is 0 Å². The third-order valence-electron chi connectivity index (χ3n) is 6.28. The van der Waals surface area contributed by atoms with E-state index in [2.05, 4.69) is 68.8 Å². The van der Waals surface area contributed by atoms with Crippen molar-refractivity contribution in [3.63, 3.8) is 0 Å². The maximum Gasteiger partial charge on any atom is 0.302 e. The van der Waals surface area contributed by atoms with Gasteiger partial charge < -0.3 is 25.0 Å². The van der Waals surface area contributed by atoms with Crippen LogP contribution in [0.3, 0.4) is 0 Å². The van der Waals surface area contributed by atoms with E-state index in [0.29, 0.717) is 23.7 Å². The van der Waals surface area contributed by atoms with E-state index < -0.39 is 11.9 Å². The summed E-state index contributed by atoms with van der Waals surface area (Å²) in [5.74, 6) is -0.441. The van der Waals surface area contributed by atoms with Crippen molar-refractivity contribution < 1.29 is 34.1 Å². The van der Waals surface area contributed by atoms with Crippen molar-refractivity contribution in [3.05, 3.63) is 83.9 Å². The molecule has 43 heavy (non-hydrogen) atoms. The molecule has 2 aromatic carbocycles. The number of nitrogens with one attached hydrogen (secondary N) is 1. The number of hydrogen-bond donors (Lipinski definition) is 3. The van der Waals surface area contributed by atoms with Gasteiger partial charge in [0.25, 0.3) is 11.9 Å². The van der Waals surface area contributed by atoms with Crippen molar-refractivity contribution in [1.82, 2.24) is 19.5 Å². The fraction of sp³-hybridized carbons (Fsp3) is 0.355. The second kappa shape index (κ2) is 16.0. The van der Waals surface area contributed by atoms with E-state index in [9.17, 15) is 4.79 Å². The van der Waals surface area contributed by atoms with Gasteiger partial charge in [-0.2, -0.15) is 0 Å². The van der Waals surface area contributed by atoms with Gasteiger partial charge in [-0.3, -0.25) is 19.0 Å². The predicted octanol–water partition coefficient (Wildman–Crippen LogP) is 4.80. The molecule has 1 aliphatic heterocycles. The van der Waals surface area contributed by atoms with Crippen molar-refractivity contribution >= 4 is 34.9 Å². The lowest BCUT2D eigenvalue weighted by molar-refractivity contribution is -0.145. The summed E-state index contributed by atoms with van der Waals surface area (Å²) in [6, 6.07) is 20.9. The molecule has 5 rings (SSSR count). The molecule has 0 saturated carbocycles. The quantitative estimate of drug-likeness (QED) is 0.241. The molecule has 0 spiro atoms. The second-order valence-corrected chi connectivity index (χ2v) is 9.83. The number of aryl methyl sites for hydroxylation is 1. The second-order valence-electron chi connectivity index (χ2n) is 9.83. The standard InChI is InChI=1S/C27H29N5O3.2C2H4O2/c1-18-30-26(28-15-23(20-9-5-3-6-10-20)21-11-7-4-8-12-21)25-27(31-18)32(17-29-25)24-14-13-22(35-24)16-34-19(2)33;2*1-2(3)4/h3-12,17,22-24H,13-16H2,1-2H3,(H,28,30,31);2*1H3,(H,3,4). The summed E-state index contributed by atoms with van der Waals surface area (Å²) in [6.45, 7) is 6.38. The molecule has 0 bridgehead atoms. The van der Waals surface area contributed by atoms with Crippen LogP contribution in [0.2, 0.25) is 0 Å². The minimum Gasteiger partial charge on any atom is -0.481 e. The first kappa shape index (κ1) is 32.7. The Morgan fingerprint density at radius 3 is 2.05 bits per heavy atom. The number of fused-ring (bicyclic) bond motifs is 1. The molecule has 4 aromatic rings. The zero-order chi connectivity index (χ0) is 31.4. The number of ether oxygens (including phenoxy) is 2. The van der Waals surface area contributed by atoms with Crippen LogP contribution in [0, 0.1) is 6.92 Å². The lowest BCUT2D eigenvalue weighted by atomic mass is 9.91. The fourth-order valence-corrected chi connectivity index (χ4v) is 4.58. The Morgan fingerprint density at radius 1 is 0.953 bits per heavy atom.